The van der Waals surface area contributed by atoms with E-state index in [9.17, 15) is 9.59 Å². The summed E-state index contributed by atoms with van der Waals surface area (Å²) >= 11 is 0. The molecule has 0 fully saturated rings. The predicted octanol–water partition coefficient (Wildman–Crippen LogP) is 2.40. The quantitative estimate of drug-likeness (QED) is 0.526. The van der Waals surface area contributed by atoms with Crippen LogP contribution in [0.25, 0.3) is 16.7 Å². The van der Waals surface area contributed by atoms with E-state index in [1.165, 1.54) is 16.8 Å². The van der Waals surface area contributed by atoms with Gasteiger partial charge in [-0.25, -0.2) is 4.98 Å². The zero-order chi connectivity index (χ0) is 19.3. The fourth-order valence-electron chi connectivity index (χ4n) is 3.02. The highest BCUT2D eigenvalue weighted by molar-refractivity contribution is 5.92. The second-order valence-electron chi connectivity index (χ2n) is 6.34. The molecule has 0 radical (unpaired) electrons. The third kappa shape index (κ3) is 3.68. The average Bonchev–Trinajstić information content (AvgIpc) is 3.15. The Kier molecular flexibility index (Phi) is 4.97. The normalized spacial score (nSPS) is 10.9. The summed E-state index contributed by atoms with van der Waals surface area (Å²) in [6.45, 7) is 1.25. The SMILES string of the molecule is O=C(NCCCn1cnc2ccccc21)c1ccc(=O)n(-c2ccccc2)n1. The van der Waals surface area contributed by atoms with Crippen molar-refractivity contribution in [2.75, 3.05) is 6.54 Å². The van der Waals surface area contributed by atoms with Gasteiger partial charge < -0.3 is 9.88 Å². The number of aryl methyl sites for hydroxylation is 1. The largest absolute Gasteiger partial charge is 0.351 e. The molecule has 7 heteroatoms. The summed E-state index contributed by atoms with van der Waals surface area (Å²) < 4.78 is 3.29. The van der Waals surface area contributed by atoms with Crippen LogP contribution < -0.4 is 10.9 Å². The van der Waals surface area contributed by atoms with Crippen LogP contribution >= 0.6 is 0 Å². The molecule has 0 aliphatic rings. The maximum atomic E-state index is 12.4. The van der Waals surface area contributed by atoms with Crippen molar-refractivity contribution in [3.63, 3.8) is 0 Å². The number of amides is 1. The standard InChI is InChI=1S/C21H19N5O2/c27-20-12-11-18(24-26(20)16-7-2-1-3-8-16)21(28)22-13-6-14-25-15-23-17-9-4-5-10-19(17)25/h1-5,7-12,15H,6,13-14H2,(H,22,28). The molecule has 0 spiro atoms. The second kappa shape index (κ2) is 7.87. The number of para-hydroxylation sites is 3. The van der Waals surface area contributed by atoms with E-state index in [4.69, 9.17) is 0 Å². The van der Waals surface area contributed by atoms with Gasteiger partial charge in [-0.3, -0.25) is 9.59 Å². The van der Waals surface area contributed by atoms with Crippen LogP contribution in [0.2, 0.25) is 0 Å². The lowest BCUT2D eigenvalue weighted by Crippen LogP contribution is -2.29. The Morgan fingerprint density at radius 2 is 1.75 bits per heavy atom. The van der Waals surface area contributed by atoms with E-state index in [1.807, 2.05) is 48.8 Å². The molecule has 140 valence electrons. The number of carbonyl (C=O) groups excluding carboxylic acids is 1. The second-order valence-corrected chi connectivity index (χ2v) is 6.34. The number of nitrogens with zero attached hydrogens (tertiary/aromatic N) is 4. The Hall–Kier alpha value is -3.74. The van der Waals surface area contributed by atoms with Crippen LogP contribution in [0.15, 0.2) is 77.9 Å². The Labute approximate surface area is 161 Å². The van der Waals surface area contributed by atoms with Crippen LogP contribution in [0.1, 0.15) is 16.9 Å². The number of imidazole rings is 1. The number of rotatable bonds is 6. The lowest BCUT2D eigenvalue weighted by Gasteiger charge is -2.08. The van der Waals surface area contributed by atoms with Gasteiger partial charge in [-0.2, -0.15) is 9.78 Å². The molecule has 0 atom stereocenters. The van der Waals surface area contributed by atoms with Crippen molar-refractivity contribution in [1.29, 1.82) is 0 Å². The molecule has 1 N–H and O–H groups in total. The highest BCUT2D eigenvalue weighted by atomic mass is 16.2. The van der Waals surface area contributed by atoms with Gasteiger partial charge >= 0.3 is 0 Å². The molecule has 2 heterocycles. The first kappa shape index (κ1) is 17.7. The minimum atomic E-state index is -0.305. The fourth-order valence-corrected chi connectivity index (χ4v) is 3.02. The van der Waals surface area contributed by atoms with Gasteiger partial charge in [0.05, 0.1) is 23.0 Å². The number of benzene rings is 2. The van der Waals surface area contributed by atoms with E-state index in [-0.39, 0.29) is 17.2 Å². The number of carbonyl (C=O) groups is 1. The Balaban J connectivity index is 1.38. The first-order valence-electron chi connectivity index (χ1n) is 9.06. The van der Waals surface area contributed by atoms with Crippen LogP contribution in [0, 0.1) is 0 Å². The monoisotopic (exact) mass is 373 g/mol. The van der Waals surface area contributed by atoms with Crippen LogP contribution in [0.3, 0.4) is 0 Å². The van der Waals surface area contributed by atoms with Crippen molar-refractivity contribution in [3.8, 4) is 5.69 Å². The molecule has 0 aliphatic heterocycles. The molecule has 4 aromatic rings. The number of aromatic nitrogens is 4. The summed E-state index contributed by atoms with van der Waals surface area (Å²) in [5, 5.41) is 7.05. The molecule has 1 amide bonds. The van der Waals surface area contributed by atoms with Crippen molar-refractivity contribution in [1.82, 2.24) is 24.6 Å². The van der Waals surface area contributed by atoms with Gasteiger partial charge in [0.25, 0.3) is 11.5 Å². The summed E-state index contributed by atoms with van der Waals surface area (Å²) in [5.41, 5.74) is 2.57. The predicted molar refractivity (Wildman–Crippen MR) is 107 cm³/mol. The van der Waals surface area contributed by atoms with Crippen molar-refractivity contribution >= 4 is 16.9 Å². The molecule has 0 unspecified atom stereocenters. The first-order valence-corrected chi connectivity index (χ1v) is 9.06. The summed E-state index contributed by atoms with van der Waals surface area (Å²) in [4.78, 5) is 28.8. The molecule has 0 saturated heterocycles. The van der Waals surface area contributed by atoms with Gasteiger partial charge in [0.1, 0.15) is 5.69 Å². The van der Waals surface area contributed by atoms with E-state index in [2.05, 4.69) is 20.0 Å². The van der Waals surface area contributed by atoms with Crippen molar-refractivity contribution in [2.24, 2.45) is 0 Å². The average molecular weight is 373 g/mol. The Morgan fingerprint density at radius 1 is 0.964 bits per heavy atom. The highest BCUT2D eigenvalue weighted by Gasteiger charge is 2.10. The highest BCUT2D eigenvalue weighted by Crippen LogP contribution is 2.11. The van der Waals surface area contributed by atoms with Gasteiger partial charge in [0.15, 0.2) is 0 Å². The summed E-state index contributed by atoms with van der Waals surface area (Å²) in [6, 6.07) is 19.8. The fraction of sp³-hybridized carbons (Fsp3) is 0.143. The van der Waals surface area contributed by atoms with E-state index in [1.54, 1.807) is 12.1 Å². The maximum Gasteiger partial charge on any atom is 0.271 e. The van der Waals surface area contributed by atoms with Gasteiger partial charge in [-0.05, 0) is 36.8 Å². The molecule has 2 aromatic carbocycles. The third-order valence-electron chi connectivity index (χ3n) is 4.42. The van der Waals surface area contributed by atoms with E-state index >= 15 is 0 Å². The molecule has 0 bridgehead atoms. The van der Waals surface area contributed by atoms with Gasteiger partial charge in [-0.1, -0.05) is 30.3 Å². The van der Waals surface area contributed by atoms with Crippen LogP contribution in [-0.2, 0) is 6.54 Å². The van der Waals surface area contributed by atoms with Gasteiger partial charge in [0.2, 0.25) is 0 Å². The number of hydrogen-bond acceptors (Lipinski definition) is 4. The smallest absolute Gasteiger partial charge is 0.271 e. The van der Waals surface area contributed by atoms with Crippen molar-refractivity contribution in [2.45, 2.75) is 13.0 Å². The van der Waals surface area contributed by atoms with E-state index in [0.717, 1.165) is 24.0 Å². The van der Waals surface area contributed by atoms with Gasteiger partial charge in [0, 0.05) is 19.2 Å². The molecule has 4 rings (SSSR count). The minimum Gasteiger partial charge on any atom is -0.351 e. The molecular weight excluding hydrogens is 354 g/mol. The number of hydrogen-bond donors (Lipinski definition) is 1. The van der Waals surface area contributed by atoms with Crippen molar-refractivity contribution in [3.05, 3.63) is 89.1 Å². The minimum absolute atomic E-state index is 0.205. The summed E-state index contributed by atoms with van der Waals surface area (Å²) in [5.74, 6) is -0.305. The zero-order valence-electron chi connectivity index (χ0n) is 15.2. The topological polar surface area (TPSA) is 81.8 Å². The molecular formula is C21H19N5O2. The third-order valence-corrected chi connectivity index (χ3v) is 4.42. The Morgan fingerprint density at radius 3 is 2.61 bits per heavy atom. The first-order chi connectivity index (χ1) is 13.7. The van der Waals surface area contributed by atoms with Crippen molar-refractivity contribution < 1.29 is 4.79 Å². The molecule has 0 saturated carbocycles. The summed E-state index contributed by atoms with van der Waals surface area (Å²) in [6.07, 6.45) is 2.56. The lowest BCUT2D eigenvalue weighted by molar-refractivity contribution is 0.0946. The maximum absolute atomic E-state index is 12.4. The van der Waals surface area contributed by atoms with E-state index in [0.29, 0.717) is 12.2 Å². The van der Waals surface area contributed by atoms with Gasteiger partial charge in [-0.15, -0.1) is 0 Å². The number of nitrogens with one attached hydrogen (secondary N) is 1. The van der Waals surface area contributed by atoms with Crippen LogP contribution in [0.4, 0.5) is 0 Å². The zero-order valence-corrected chi connectivity index (χ0v) is 15.2. The van der Waals surface area contributed by atoms with Crippen LogP contribution in [-0.4, -0.2) is 31.8 Å². The molecule has 28 heavy (non-hydrogen) atoms. The Bertz CT molecular complexity index is 1160. The molecule has 2 aromatic heterocycles. The molecule has 0 aliphatic carbocycles. The summed E-state index contributed by atoms with van der Waals surface area (Å²) in [7, 11) is 0. The van der Waals surface area contributed by atoms with Crippen LogP contribution in [0.5, 0.6) is 0 Å². The lowest BCUT2D eigenvalue weighted by atomic mass is 10.3. The van der Waals surface area contributed by atoms with E-state index < -0.39 is 0 Å². The number of fused-ring (bicyclic) bond motifs is 1. The molecule has 7 nitrogen and oxygen atoms in total.